The summed E-state index contributed by atoms with van der Waals surface area (Å²) in [4.78, 5) is 0. The van der Waals surface area contributed by atoms with E-state index in [0.29, 0.717) is 5.88 Å². The van der Waals surface area contributed by atoms with E-state index in [0.717, 1.165) is 11.1 Å². The van der Waals surface area contributed by atoms with Gasteiger partial charge in [-0.1, -0.05) is 24.3 Å². The zero-order chi connectivity index (χ0) is 8.81. The second kappa shape index (κ2) is 4.58. The van der Waals surface area contributed by atoms with Gasteiger partial charge in [-0.3, -0.25) is 0 Å². The first-order chi connectivity index (χ1) is 5.86. The van der Waals surface area contributed by atoms with Gasteiger partial charge in [-0.2, -0.15) is 5.26 Å². The first-order valence-corrected chi connectivity index (χ1v) is 4.11. The van der Waals surface area contributed by atoms with Gasteiger partial charge < -0.3 is 0 Å². The summed E-state index contributed by atoms with van der Waals surface area (Å²) in [6, 6.07) is 9.71. The van der Waals surface area contributed by atoms with Crippen molar-refractivity contribution in [1.29, 1.82) is 5.26 Å². The summed E-state index contributed by atoms with van der Waals surface area (Å²) < 4.78 is 0. The van der Waals surface area contributed by atoms with Crippen molar-refractivity contribution in [2.45, 2.75) is 5.88 Å². The predicted molar refractivity (Wildman–Crippen MR) is 50.6 cm³/mol. The van der Waals surface area contributed by atoms with E-state index in [1.807, 2.05) is 30.3 Å². The van der Waals surface area contributed by atoms with Crippen molar-refractivity contribution in [2.24, 2.45) is 0 Å². The molecule has 0 saturated carbocycles. The fourth-order valence-corrected chi connectivity index (χ4v) is 1.03. The molecule has 0 bridgehead atoms. The van der Waals surface area contributed by atoms with Gasteiger partial charge in [0, 0.05) is 12.0 Å². The standard InChI is InChI=1S/C10H8ClN/c11-8-10-5-3-9(4-6-10)2-1-7-12/h1-6H,8H2. The molecule has 0 amide bonds. The van der Waals surface area contributed by atoms with Crippen molar-refractivity contribution < 1.29 is 0 Å². The van der Waals surface area contributed by atoms with Gasteiger partial charge >= 0.3 is 0 Å². The summed E-state index contributed by atoms with van der Waals surface area (Å²) >= 11 is 5.61. The Morgan fingerprint density at radius 1 is 1.33 bits per heavy atom. The van der Waals surface area contributed by atoms with E-state index in [-0.39, 0.29) is 0 Å². The van der Waals surface area contributed by atoms with Crippen LogP contribution in [0.25, 0.3) is 6.08 Å². The molecule has 1 aromatic carbocycles. The van der Waals surface area contributed by atoms with E-state index in [1.165, 1.54) is 6.08 Å². The summed E-state index contributed by atoms with van der Waals surface area (Å²) in [6.45, 7) is 0. The lowest BCUT2D eigenvalue weighted by Crippen LogP contribution is -1.76. The van der Waals surface area contributed by atoms with E-state index in [9.17, 15) is 0 Å². The first kappa shape index (κ1) is 8.83. The van der Waals surface area contributed by atoms with Crippen LogP contribution in [0.1, 0.15) is 11.1 Å². The first-order valence-electron chi connectivity index (χ1n) is 3.58. The second-order valence-corrected chi connectivity index (χ2v) is 2.60. The average Bonchev–Trinajstić information content (AvgIpc) is 2.15. The van der Waals surface area contributed by atoms with E-state index in [2.05, 4.69) is 0 Å². The van der Waals surface area contributed by atoms with Crippen molar-refractivity contribution in [3.05, 3.63) is 41.5 Å². The Bertz CT molecular complexity index is 306. The van der Waals surface area contributed by atoms with E-state index < -0.39 is 0 Å². The summed E-state index contributed by atoms with van der Waals surface area (Å²) in [7, 11) is 0. The summed E-state index contributed by atoms with van der Waals surface area (Å²) in [5.41, 5.74) is 2.11. The highest BCUT2D eigenvalue weighted by Crippen LogP contribution is 2.07. The molecule has 0 saturated heterocycles. The zero-order valence-electron chi connectivity index (χ0n) is 6.50. The number of allylic oxidation sites excluding steroid dienone is 1. The van der Waals surface area contributed by atoms with Gasteiger partial charge in [-0.05, 0) is 17.2 Å². The Hall–Kier alpha value is -1.26. The number of rotatable bonds is 2. The van der Waals surface area contributed by atoms with E-state index in [4.69, 9.17) is 16.9 Å². The third-order valence-corrected chi connectivity index (χ3v) is 1.79. The van der Waals surface area contributed by atoms with E-state index in [1.54, 1.807) is 6.08 Å². The van der Waals surface area contributed by atoms with Crippen LogP contribution in [0.4, 0.5) is 0 Å². The summed E-state index contributed by atoms with van der Waals surface area (Å²) in [5.74, 6) is 0.530. The number of alkyl halides is 1. The maximum Gasteiger partial charge on any atom is 0.0912 e. The zero-order valence-corrected chi connectivity index (χ0v) is 7.25. The minimum atomic E-state index is 0.530. The molecular weight excluding hydrogens is 170 g/mol. The predicted octanol–water partition coefficient (Wildman–Crippen LogP) is 2.96. The van der Waals surface area contributed by atoms with Gasteiger partial charge in [0.1, 0.15) is 0 Å². The van der Waals surface area contributed by atoms with Gasteiger partial charge in [-0.25, -0.2) is 0 Å². The van der Waals surface area contributed by atoms with Crippen LogP contribution in [0, 0.1) is 11.3 Å². The van der Waals surface area contributed by atoms with Crippen molar-refractivity contribution in [2.75, 3.05) is 0 Å². The normalized spacial score (nSPS) is 10.0. The molecule has 0 fully saturated rings. The molecule has 0 unspecified atom stereocenters. The molecule has 0 N–H and O–H groups in total. The van der Waals surface area contributed by atoms with Crippen molar-refractivity contribution >= 4 is 17.7 Å². The van der Waals surface area contributed by atoms with Crippen LogP contribution in [-0.2, 0) is 5.88 Å². The van der Waals surface area contributed by atoms with Crippen LogP contribution in [0.3, 0.4) is 0 Å². The number of benzene rings is 1. The highest BCUT2D eigenvalue weighted by atomic mass is 35.5. The van der Waals surface area contributed by atoms with Crippen molar-refractivity contribution in [1.82, 2.24) is 0 Å². The van der Waals surface area contributed by atoms with Gasteiger partial charge in [0.05, 0.1) is 6.07 Å². The maximum absolute atomic E-state index is 8.27. The average molecular weight is 178 g/mol. The number of nitrogens with zero attached hydrogens (tertiary/aromatic N) is 1. The quantitative estimate of drug-likeness (QED) is 0.503. The van der Waals surface area contributed by atoms with Crippen LogP contribution in [0.5, 0.6) is 0 Å². The number of hydrogen-bond acceptors (Lipinski definition) is 1. The molecule has 60 valence electrons. The largest absolute Gasteiger partial charge is 0.193 e. The van der Waals surface area contributed by atoms with Crippen LogP contribution in [0.15, 0.2) is 30.3 Å². The van der Waals surface area contributed by atoms with Crippen LogP contribution in [0.2, 0.25) is 0 Å². The minimum Gasteiger partial charge on any atom is -0.193 e. The van der Waals surface area contributed by atoms with Gasteiger partial charge in [0.25, 0.3) is 0 Å². The topological polar surface area (TPSA) is 23.8 Å². The number of halogens is 1. The molecule has 1 nitrogen and oxygen atoms in total. The summed E-state index contributed by atoms with van der Waals surface area (Å²) in [6.07, 6.45) is 3.22. The maximum atomic E-state index is 8.27. The highest BCUT2D eigenvalue weighted by Gasteiger charge is 1.88. The number of hydrogen-bond donors (Lipinski definition) is 0. The lowest BCUT2D eigenvalue weighted by molar-refractivity contribution is 1.40. The molecule has 0 aliphatic rings. The van der Waals surface area contributed by atoms with Crippen LogP contribution in [-0.4, -0.2) is 0 Å². The Morgan fingerprint density at radius 3 is 2.50 bits per heavy atom. The lowest BCUT2D eigenvalue weighted by atomic mass is 10.1. The smallest absolute Gasteiger partial charge is 0.0912 e. The van der Waals surface area contributed by atoms with Gasteiger partial charge in [0.15, 0.2) is 0 Å². The molecule has 0 atom stereocenters. The van der Waals surface area contributed by atoms with E-state index >= 15 is 0 Å². The third-order valence-electron chi connectivity index (χ3n) is 1.48. The Morgan fingerprint density at radius 2 is 2.00 bits per heavy atom. The lowest BCUT2D eigenvalue weighted by Gasteiger charge is -1.94. The van der Waals surface area contributed by atoms with Crippen LogP contribution >= 0.6 is 11.6 Å². The molecule has 0 aliphatic heterocycles. The Labute approximate surface area is 76.9 Å². The second-order valence-electron chi connectivity index (χ2n) is 2.34. The molecule has 0 aliphatic carbocycles. The Balaban J connectivity index is 2.79. The van der Waals surface area contributed by atoms with Crippen LogP contribution < -0.4 is 0 Å². The molecule has 0 spiro atoms. The highest BCUT2D eigenvalue weighted by molar-refractivity contribution is 6.17. The molecule has 0 aromatic heterocycles. The summed E-state index contributed by atoms with van der Waals surface area (Å²) in [5, 5.41) is 8.27. The Kier molecular flexibility index (Phi) is 3.37. The molecule has 2 heteroatoms. The fraction of sp³-hybridized carbons (Fsp3) is 0.100. The van der Waals surface area contributed by atoms with Gasteiger partial charge in [-0.15, -0.1) is 11.6 Å². The number of nitriles is 1. The molecule has 12 heavy (non-hydrogen) atoms. The molecule has 1 aromatic rings. The fourth-order valence-electron chi connectivity index (χ4n) is 0.851. The third kappa shape index (κ3) is 2.41. The molecular formula is C10H8ClN. The minimum absolute atomic E-state index is 0.530. The molecule has 0 radical (unpaired) electrons. The molecule has 1 rings (SSSR count). The van der Waals surface area contributed by atoms with Crippen molar-refractivity contribution in [3.63, 3.8) is 0 Å². The SMILES string of the molecule is N#CC=Cc1ccc(CCl)cc1. The van der Waals surface area contributed by atoms with Gasteiger partial charge in [0.2, 0.25) is 0 Å². The van der Waals surface area contributed by atoms with Crippen molar-refractivity contribution in [3.8, 4) is 6.07 Å². The monoisotopic (exact) mass is 177 g/mol. The molecule has 0 heterocycles.